The van der Waals surface area contributed by atoms with Crippen LogP contribution in [0.4, 0.5) is 0 Å². The number of rotatable bonds is 7. The molecule has 0 aliphatic carbocycles. The topological polar surface area (TPSA) is 101 Å². The largest absolute Gasteiger partial charge is 0.425 e. The molecule has 27 heavy (non-hydrogen) atoms. The number of fused-ring (bicyclic) bond motifs is 1. The second-order valence-corrected chi connectivity index (χ2v) is 6.79. The minimum atomic E-state index is -1.86. The molecular formula is C20H24N2O5. The third-order valence-corrected chi connectivity index (χ3v) is 4.69. The van der Waals surface area contributed by atoms with E-state index in [1.54, 1.807) is 0 Å². The Kier molecular flexibility index (Phi) is 5.34. The number of aliphatic hydroxyl groups is 1. The molecule has 2 aromatic rings. The van der Waals surface area contributed by atoms with E-state index in [0.717, 1.165) is 29.3 Å². The lowest BCUT2D eigenvalue weighted by Gasteiger charge is -2.24. The Morgan fingerprint density at radius 3 is 2.81 bits per heavy atom. The van der Waals surface area contributed by atoms with E-state index >= 15 is 0 Å². The number of H-pyrrole nitrogens is 1. The number of benzene rings is 1. The van der Waals surface area contributed by atoms with Gasteiger partial charge in [0, 0.05) is 17.3 Å². The Bertz CT molecular complexity index is 914. The highest BCUT2D eigenvalue weighted by Crippen LogP contribution is 2.42. The van der Waals surface area contributed by atoms with Gasteiger partial charge in [0.25, 0.3) is 5.91 Å². The second kappa shape index (κ2) is 7.54. The molecule has 1 aliphatic heterocycles. The number of aromatic nitrogens is 1. The summed E-state index contributed by atoms with van der Waals surface area (Å²) in [5, 5.41) is 12.0. The molecule has 0 spiro atoms. The molecule has 1 aromatic heterocycles. The summed E-state index contributed by atoms with van der Waals surface area (Å²) in [6.45, 7) is 4.02. The number of hydroxylamine groups is 1. The van der Waals surface area contributed by atoms with Crippen LogP contribution >= 0.6 is 0 Å². The monoisotopic (exact) mass is 372 g/mol. The maximum atomic E-state index is 12.4. The van der Waals surface area contributed by atoms with Crippen molar-refractivity contribution in [3.8, 4) is 0 Å². The van der Waals surface area contributed by atoms with Crippen LogP contribution in [0.25, 0.3) is 16.5 Å². The zero-order valence-corrected chi connectivity index (χ0v) is 15.7. The highest BCUT2D eigenvalue weighted by molar-refractivity contribution is 6.24. The lowest BCUT2D eigenvalue weighted by Crippen LogP contribution is -2.31. The number of cyclic esters (lactones) is 1. The van der Waals surface area contributed by atoms with Crippen LogP contribution in [0.1, 0.15) is 43.9 Å². The van der Waals surface area contributed by atoms with Crippen LogP contribution in [0.2, 0.25) is 0 Å². The number of carbonyl (C=O) groups is 2. The minimum Gasteiger partial charge on any atom is -0.425 e. The van der Waals surface area contributed by atoms with Crippen LogP contribution in [0.5, 0.6) is 0 Å². The first-order valence-corrected chi connectivity index (χ1v) is 9.03. The second-order valence-electron chi connectivity index (χ2n) is 6.79. The number of unbranched alkanes of at least 4 members (excludes halogenated alkanes) is 2. The Labute approximate surface area is 157 Å². The van der Waals surface area contributed by atoms with Gasteiger partial charge in [-0.25, -0.2) is 10.3 Å². The molecule has 0 fully saturated rings. The molecule has 1 amide bonds. The van der Waals surface area contributed by atoms with E-state index in [9.17, 15) is 14.7 Å². The lowest BCUT2D eigenvalue weighted by atomic mass is 9.94. The Balaban J connectivity index is 2.13. The number of ether oxygens (including phenoxy) is 1. The normalized spacial score (nSPS) is 19.6. The number of carbonyl (C=O) groups excluding carboxylic acids is 2. The van der Waals surface area contributed by atoms with Gasteiger partial charge in [-0.05, 0) is 31.5 Å². The zero-order valence-electron chi connectivity index (χ0n) is 15.7. The molecule has 0 saturated carbocycles. The van der Waals surface area contributed by atoms with Crippen molar-refractivity contribution in [2.45, 2.75) is 45.3 Å². The summed E-state index contributed by atoms with van der Waals surface area (Å²) in [5.41, 5.74) is 4.43. The molecule has 1 unspecified atom stereocenters. The predicted molar refractivity (Wildman–Crippen MR) is 100 cm³/mol. The Morgan fingerprint density at radius 1 is 1.33 bits per heavy atom. The quantitative estimate of drug-likeness (QED) is 0.300. The summed E-state index contributed by atoms with van der Waals surface area (Å²) in [4.78, 5) is 32.7. The number of hydrogen-bond acceptors (Lipinski definition) is 5. The van der Waals surface area contributed by atoms with Gasteiger partial charge >= 0.3 is 5.97 Å². The predicted octanol–water partition coefficient (Wildman–Crippen LogP) is 2.73. The maximum absolute atomic E-state index is 12.4. The molecule has 1 aliphatic rings. The average Bonchev–Trinajstić information content (AvgIpc) is 3.12. The molecule has 144 valence electrons. The van der Waals surface area contributed by atoms with Crippen LogP contribution in [0, 0.1) is 6.92 Å². The van der Waals surface area contributed by atoms with Crippen LogP contribution < -0.4 is 5.48 Å². The van der Waals surface area contributed by atoms with Gasteiger partial charge < -0.3 is 14.8 Å². The van der Waals surface area contributed by atoms with E-state index in [0.29, 0.717) is 12.1 Å². The van der Waals surface area contributed by atoms with Gasteiger partial charge in [-0.15, -0.1) is 0 Å². The van der Waals surface area contributed by atoms with Crippen molar-refractivity contribution in [1.82, 2.24) is 10.5 Å². The number of hydrogen-bond donors (Lipinski definition) is 3. The highest BCUT2D eigenvalue weighted by atomic mass is 16.7. The molecule has 0 saturated heterocycles. The third kappa shape index (κ3) is 3.61. The number of amides is 1. The number of aryl methyl sites for hydroxylation is 1. The van der Waals surface area contributed by atoms with Gasteiger partial charge in [0.05, 0.1) is 18.4 Å². The summed E-state index contributed by atoms with van der Waals surface area (Å²) in [7, 11) is 1.28. The molecule has 7 heteroatoms. The van der Waals surface area contributed by atoms with E-state index in [2.05, 4.69) is 15.3 Å². The Hall–Kier alpha value is -2.64. The van der Waals surface area contributed by atoms with Crippen LogP contribution in [-0.4, -0.2) is 34.9 Å². The van der Waals surface area contributed by atoms with Crippen LogP contribution in [0.3, 0.4) is 0 Å². The van der Waals surface area contributed by atoms with Crippen molar-refractivity contribution in [1.29, 1.82) is 0 Å². The van der Waals surface area contributed by atoms with Crippen LogP contribution in [0.15, 0.2) is 29.8 Å². The molecule has 7 nitrogen and oxygen atoms in total. The summed E-state index contributed by atoms with van der Waals surface area (Å²) in [6, 6.07) is 7.67. The number of aromatic amines is 1. The molecule has 2 heterocycles. The summed E-state index contributed by atoms with van der Waals surface area (Å²) in [6.07, 6.45) is 2.69. The zero-order chi connectivity index (χ0) is 19.6. The van der Waals surface area contributed by atoms with Gasteiger partial charge in [0.1, 0.15) is 5.57 Å². The Morgan fingerprint density at radius 2 is 2.11 bits per heavy atom. The van der Waals surface area contributed by atoms with E-state index < -0.39 is 17.7 Å². The van der Waals surface area contributed by atoms with Gasteiger partial charge in [0.15, 0.2) is 0 Å². The summed E-state index contributed by atoms with van der Waals surface area (Å²) in [5.74, 6) is -3.48. The van der Waals surface area contributed by atoms with Gasteiger partial charge in [-0.3, -0.25) is 9.63 Å². The fourth-order valence-corrected chi connectivity index (χ4v) is 3.43. The molecule has 1 aromatic carbocycles. The van der Waals surface area contributed by atoms with Crippen molar-refractivity contribution in [2.24, 2.45) is 0 Å². The highest BCUT2D eigenvalue weighted by Gasteiger charge is 2.49. The van der Waals surface area contributed by atoms with Crippen molar-refractivity contribution in [2.75, 3.05) is 7.11 Å². The first-order valence-electron chi connectivity index (χ1n) is 9.03. The van der Waals surface area contributed by atoms with Crippen LogP contribution in [-0.2, 0) is 19.2 Å². The number of nitrogens with one attached hydrogen (secondary N) is 2. The van der Waals surface area contributed by atoms with Crippen molar-refractivity contribution in [3.05, 3.63) is 41.1 Å². The van der Waals surface area contributed by atoms with E-state index in [4.69, 9.17) is 4.74 Å². The molecular weight excluding hydrogens is 348 g/mol. The molecule has 0 radical (unpaired) electrons. The summed E-state index contributed by atoms with van der Waals surface area (Å²) < 4.78 is 5.27. The SMILES string of the molecule is CCCCCC1(O)OC(=O)C(C(=O)NOC)=C1c1cc2cc(C)ccc2[nH]1. The summed E-state index contributed by atoms with van der Waals surface area (Å²) >= 11 is 0. The first-order chi connectivity index (χ1) is 12.9. The van der Waals surface area contributed by atoms with Gasteiger partial charge in [-0.2, -0.15) is 0 Å². The standard InChI is InChI=1S/C20H24N2O5/c1-4-5-6-9-20(25)17(16(19(24)27-20)18(23)22-26-3)15-11-13-10-12(2)7-8-14(13)21-15/h7-8,10-11,21,25H,4-6,9H2,1-3H3,(H,22,23). The van der Waals surface area contributed by atoms with Gasteiger partial charge in [0.2, 0.25) is 5.79 Å². The van der Waals surface area contributed by atoms with Crippen molar-refractivity contribution >= 4 is 28.4 Å². The first kappa shape index (κ1) is 19.1. The molecule has 0 bridgehead atoms. The third-order valence-electron chi connectivity index (χ3n) is 4.69. The van der Waals surface area contributed by atoms with E-state index in [-0.39, 0.29) is 17.6 Å². The van der Waals surface area contributed by atoms with Crippen molar-refractivity contribution < 1.29 is 24.3 Å². The average molecular weight is 372 g/mol. The molecule has 1 atom stereocenters. The van der Waals surface area contributed by atoms with E-state index in [1.807, 2.05) is 38.1 Å². The number of esters is 1. The fourth-order valence-electron chi connectivity index (χ4n) is 3.43. The molecule has 3 rings (SSSR count). The smallest absolute Gasteiger partial charge is 0.347 e. The van der Waals surface area contributed by atoms with E-state index in [1.165, 1.54) is 7.11 Å². The van der Waals surface area contributed by atoms with Gasteiger partial charge in [-0.1, -0.05) is 31.4 Å². The lowest BCUT2D eigenvalue weighted by molar-refractivity contribution is -0.178. The van der Waals surface area contributed by atoms with Crippen molar-refractivity contribution in [3.63, 3.8) is 0 Å². The minimum absolute atomic E-state index is 0.145. The maximum Gasteiger partial charge on any atom is 0.347 e. The molecule has 3 N–H and O–H groups in total. The fraction of sp³-hybridized carbons (Fsp3) is 0.400.